The average molecular weight is 292 g/mol. The number of amides is 1. The van der Waals surface area contributed by atoms with E-state index in [9.17, 15) is 4.79 Å². The number of benzene rings is 1. The number of hydrogen-bond acceptors (Lipinski definition) is 4. The highest BCUT2D eigenvalue weighted by molar-refractivity contribution is 5.90. The van der Waals surface area contributed by atoms with E-state index in [-0.39, 0.29) is 12.0 Å². The Bertz CT molecular complexity index is 471. The van der Waals surface area contributed by atoms with Crippen LogP contribution in [0.1, 0.15) is 31.2 Å². The predicted octanol–water partition coefficient (Wildman–Crippen LogP) is 2.23. The molecule has 116 valence electrons. The fourth-order valence-corrected chi connectivity index (χ4v) is 2.32. The molecule has 0 radical (unpaired) electrons. The van der Waals surface area contributed by atoms with Gasteiger partial charge in [0.25, 0.3) is 0 Å². The second-order valence-electron chi connectivity index (χ2n) is 5.35. The SMILES string of the molecule is Cc1cc(NC(=O)CCCN)ccc1OC1CCOCC1. The molecule has 0 aromatic heterocycles. The average Bonchev–Trinajstić information content (AvgIpc) is 2.49. The number of anilines is 1. The van der Waals surface area contributed by atoms with E-state index in [2.05, 4.69) is 5.32 Å². The van der Waals surface area contributed by atoms with Crippen molar-refractivity contribution in [2.75, 3.05) is 25.1 Å². The van der Waals surface area contributed by atoms with Crippen LogP contribution in [0, 0.1) is 6.92 Å². The number of aryl methyl sites for hydroxylation is 1. The molecule has 0 spiro atoms. The van der Waals surface area contributed by atoms with E-state index in [0.717, 1.165) is 43.1 Å². The van der Waals surface area contributed by atoms with Crippen LogP contribution in [-0.4, -0.2) is 31.8 Å². The molecule has 1 fully saturated rings. The molecule has 1 amide bonds. The van der Waals surface area contributed by atoms with Crippen LogP contribution >= 0.6 is 0 Å². The first-order valence-corrected chi connectivity index (χ1v) is 7.54. The van der Waals surface area contributed by atoms with Crippen molar-refractivity contribution in [1.82, 2.24) is 0 Å². The van der Waals surface area contributed by atoms with Gasteiger partial charge in [-0.15, -0.1) is 0 Å². The Balaban J connectivity index is 1.91. The summed E-state index contributed by atoms with van der Waals surface area (Å²) in [5, 5.41) is 2.88. The summed E-state index contributed by atoms with van der Waals surface area (Å²) in [7, 11) is 0. The zero-order chi connectivity index (χ0) is 15.1. The first-order valence-electron chi connectivity index (χ1n) is 7.54. The van der Waals surface area contributed by atoms with Gasteiger partial charge in [-0.3, -0.25) is 4.79 Å². The van der Waals surface area contributed by atoms with Gasteiger partial charge in [-0.05, 0) is 43.7 Å². The van der Waals surface area contributed by atoms with Gasteiger partial charge in [0, 0.05) is 24.9 Å². The third kappa shape index (κ3) is 5.02. The lowest BCUT2D eigenvalue weighted by Gasteiger charge is -2.24. The van der Waals surface area contributed by atoms with Crippen molar-refractivity contribution in [3.05, 3.63) is 23.8 Å². The molecule has 0 aliphatic carbocycles. The first kappa shape index (κ1) is 15.8. The second-order valence-corrected chi connectivity index (χ2v) is 5.35. The van der Waals surface area contributed by atoms with Crippen molar-refractivity contribution < 1.29 is 14.3 Å². The molecule has 1 aromatic carbocycles. The van der Waals surface area contributed by atoms with E-state index in [1.54, 1.807) is 0 Å². The molecule has 21 heavy (non-hydrogen) atoms. The summed E-state index contributed by atoms with van der Waals surface area (Å²) in [5.74, 6) is 0.875. The van der Waals surface area contributed by atoms with Crippen molar-refractivity contribution in [3.63, 3.8) is 0 Å². The monoisotopic (exact) mass is 292 g/mol. The minimum Gasteiger partial charge on any atom is -0.490 e. The molecule has 0 atom stereocenters. The molecule has 5 nitrogen and oxygen atoms in total. The van der Waals surface area contributed by atoms with Gasteiger partial charge in [0.15, 0.2) is 0 Å². The number of rotatable bonds is 6. The summed E-state index contributed by atoms with van der Waals surface area (Å²) in [4.78, 5) is 11.7. The molecule has 3 N–H and O–H groups in total. The van der Waals surface area contributed by atoms with Gasteiger partial charge in [0.1, 0.15) is 11.9 Å². The van der Waals surface area contributed by atoms with Crippen molar-refractivity contribution in [2.45, 2.75) is 38.7 Å². The van der Waals surface area contributed by atoms with Crippen molar-refractivity contribution in [3.8, 4) is 5.75 Å². The van der Waals surface area contributed by atoms with Gasteiger partial charge < -0.3 is 20.5 Å². The van der Waals surface area contributed by atoms with Gasteiger partial charge in [-0.2, -0.15) is 0 Å². The highest BCUT2D eigenvalue weighted by Crippen LogP contribution is 2.25. The standard InChI is InChI=1S/C16H24N2O3/c1-12-11-13(18-16(19)3-2-8-17)4-5-15(12)21-14-6-9-20-10-7-14/h4-5,11,14H,2-3,6-10,17H2,1H3,(H,18,19). The lowest BCUT2D eigenvalue weighted by molar-refractivity contribution is -0.116. The van der Waals surface area contributed by atoms with Gasteiger partial charge >= 0.3 is 0 Å². The number of carbonyl (C=O) groups is 1. The zero-order valence-corrected chi connectivity index (χ0v) is 12.6. The van der Waals surface area contributed by atoms with E-state index in [1.165, 1.54) is 0 Å². The quantitative estimate of drug-likeness (QED) is 0.843. The Morgan fingerprint density at radius 3 is 2.86 bits per heavy atom. The summed E-state index contributed by atoms with van der Waals surface area (Å²) < 4.78 is 11.3. The lowest BCUT2D eigenvalue weighted by atomic mass is 10.1. The molecule has 0 unspecified atom stereocenters. The minimum atomic E-state index is -0.00190. The maximum absolute atomic E-state index is 11.7. The zero-order valence-electron chi connectivity index (χ0n) is 12.6. The molecule has 2 rings (SSSR count). The number of nitrogens with one attached hydrogen (secondary N) is 1. The summed E-state index contributed by atoms with van der Waals surface area (Å²) in [6.07, 6.45) is 3.24. The van der Waals surface area contributed by atoms with Gasteiger partial charge in [0.2, 0.25) is 5.91 Å². The van der Waals surface area contributed by atoms with Crippen LogP contribution in [-0.2, 0) is 9.53 Å². The van der Waals surface area contributed by atoms with Crippen molar-refractivity contribution >= 4 is 11.6 Å². The van der Waals surface area contributed by atoms with Crippen molar-refractivity contribution in [2.24, 2.45) is 5.73 Å². The van der Waals surface area contributed by atoms with E-state index in [4.69, 9.17) is 15.2 Å². The topological polar surface area (TPSA) is 73.6 Å². The Labute approximate surface area is 125 Å². The number of nitrogens with two attached hydrogens (primary N) is 1. The summed E-state index contributed by atoms with van der Waals surface area (Å²) >= 11 is 0. The molecule has 1 heterocycles. The van der Waals surface area contributed by atoms with Gasteiger partial charge in [-0.25, -0.2) is 0 Å². The maximum atomic E-state index is 11.7. The summed E-state index contributed by atoms with van der Waals surface area (Å²) in [5.41, 5.74) is 7.22. The molecule has 1 aromatic rings. The smallest absolute Gasteiger partial charge is 0.224 e. The normalized spacial score (nSPS) is 15.7. The van der Waals surface area contributed by atoms with Crippen LogP contribution in [0.2, 0.25) is 0 Å². The van der Waals surface area contributed by atoms with Crippen LogP contribution in [0.3, 0.4) is 0 Å². The van der Waals surface area contributed by atoms with Gasteiger partial charge in [-0.1, -0.05) is 0 Å². The van der Waals surface area contributed by atoms with Crippen LogP contribution in [0.5, 0.6) is 5.75 Å². The molecule has 1 aliphatic rings. The van der Waals surface area contributed by atoms with E-state index in [1.807, 2.05) is 25.1 Å². The molecule has 0 saturated carbocycles. The van der Waals surface area contributed by atoms with Crippen molar-refractivity contribution in [1.29, 1.82) is 0 Å². The van der Waals surface area contributed by atoms with Gasteiger partial charge in [0.05, 0.1) is 13.2 Å². The highest BCUT2D eigenvalue weighted by Gasteiger charge is 2.16. The minimum absolute atomic E-state index is 0.00190. The summed E-state index contributed by atoms with van der Waals surface area (Å²) in [6.45, 7) is 4.05. The Morgan fingerprint density at radius 2 is 2.19 bits per heavy atom. The number of carbonyl (C=O) groups excluding carboxylic acids is 1. The van der Waals surface area contributed by atoms with Crippen LogP contribution in [0.25, 0.3) is 0 Å². The van der Waals surface area contributed by atoms with E-state index < -0.39 is 0 Å². The third-order valence-electron chi connectivity index (χ3n) is 3.53. The first-order chi connectivity index (χ1) is 10.2. The Hall–Kier alpha value is -1.59. The predicted molar refractivity (Wildman–Crippen MR) is 82.6 cm³/mol. The molecule has 1 aliphatic heterocycles. The second kappa shape index (κ2) is 8.00. The Morgan fingerprint density at radius 1 is 1.43 bits per heavy atom. The fourth-order valence-electron chi connectivity index (χ4n) is 2.32. The van der Waals surface area contributed by atoms with Crippen LogP contribution < -0.4 is 15.8 Å². The molecule has 0 bridgehead atoms. The molecular weight excluding hydrogens is 268 g/mol. The van der Waals surface area contributed by atoms with Crippen LogP contribution in [0.4, 0.5) is 5.69 Å². The number of hydrogen-bond donors (Lipinski definition) is 2. The number of ether oxygens (including phenoxy) is 2. The fraction of sp³-hybridized carbons (Fsp3) is 0.562. The molecule has 5 heteroatoms. The third-order valence-corrected chi connectivity index (χ3v) is 3.53. The molecular formula is C16H24N2O3. The van der Waals surface area contributed by atoms with Crippen LogP contribution in [0.15, 0.2) is 18.2 Å². The molecule has 1 saturated heterocycles. The summed E-state index contributed by atoms with van der Waals surface area (Å²) in [6, 6.07) is 5.74. The maximum Gasteiger partial charge on any atom is 0.224 e. The largest absolute Gasteiger partial charge is 0.490 e. The van der Waals surface area contributed by atoms with E-state index >= 15 is 0 Å². The Kier molecular flexibility index (Phi) is 6.02. The lowest BCUT2D eigenvalue weighted by Crippen LogP contribution is -2.26. The van der Waals surface area contributed by atoms with E-state index in [0.29, 0.717) is 19.4 Å². The highest BCUT2D eigenvalue weighted by atomic mass is 16.5.